The standard InChI is InChI=1S/C18H18Cl2O4/c1-9-15-12(21)7-18(2,3)8-14(15)23-16(9)17(22)24-13-5-4-10(19)6-11(13)20/h4-6,12,21H,7-8H2,1-3H3. The van der Waals surface area contributed by atoms with Gasteiger partial charge >= 0.3 is 5.97 Å². The lowest BCUT2D eigenvalue weighted by Crippen LogP contribution is -2.24. The number of hydrogen-bond donors (Lipinski definition) is 1. The number of halogens is 2. The van der Waals surface area contributed by atoms with Crippen LogP contribution in [0.4, 0.5) is 0 Å². The van der Waals surface area contributed by atoms with E-state index >= 15 is 0 Å². The molecule has 4 nitrogen and oxygen atoms in total. The monoisotopic (exact) mass is 368 g/mol. The summed E-state index contributed by atoms with van der Waals surface area (Å²) in [5.41, 5.74) is 1.23. The van der Waals surface area contributed by atoms with E-state index in [4.69, 9.17) is 32.4 Å². The molecule has 2 aromatic rings. The first-order valence-electron chi connectivity index (χ1n) is 7.65. The van der Waals surface area contributed by atoms with Crippen molar-refractivity contribution >= 4 is 29.2 Å². The molecule has 1 aliphatic rings. The Balaban J connectivity index is 1.92. The summed E-state index contributed by atoms with van der Waals surface area (Å²) < 4.78 is 11.1. The first-order chi connectivity index (χ1) is 11.2. The second kappa shape index (κ2) is 6.10. The van der Waals surface area contributed by atoms with E-state index in [1.807, 2.05) is 0 Å². The van der Waals surface area contributed by atoms with E-state index in [9.17, 15) is 9.90 Å². The summed E-state index contributed by atoms with van der Waals surface area (Å²) >= 11 is 11.9. The van der Waals surface area contributed by atoms with Gasteiger partial charge in [-0.1, -0.05) is 37.0 Å². The lowest BCUT2D eigenvalue weighted by atomic mass is 9.75. The van der Waals surface area contributed by atoms with E-state index in [1.165, 1.54) is 12.1 Å². The van der Waals surface area contributed by atoms with Gasteiger partial charge in [-0.15, -0.1) is 0 Å². The molecule has 24 heavy (non-hydrogen) atoms. The van der Waals surface area contributed by atoms with Crippen molar-refractivity contribution in [3.8, 4) is 5.75 Å². The highest BCUT2D eigenvalue weighted by Gasteiger charge is 2.37. The van der Waals surface area contributed by atoms with Crippen LogP contribution < -0.4 is 4.74 Å². The number of rotatable bonds is 2. The van der Waals surface area contributed by atoms with E-state index in [1.54, 1.807) is 13.0 Å². The Hall–Kier alpha value is -1.49. The SMILES string of the molecule is Cc1c(C(=O)Oc2ccc(Cl)cc2Cl)oc2c1C(O)CC(C)(C)C2. The molecule has 0 aliphatic heterocycles. The maximum absolute atomic E-state index is 12.5. The Labute approximate surface area is 150 Å². The molecule has 1 aliphatic carbocycles. The predicted octanol–water partition coefficient (Wildman–Crippen LogP) is 5.12. The molecule has 0 saturated carbocycles. The second-order valence-corrected chi connectivity index (χ2v) is 7.76. The van der Waals surface area contributed by atoms with Gasteiger partial charge in [0.25, 0.3) is 0 Å². The maximum Gasteiger partial charge on any atom is 0.379 e. The van der Waals surface area contributed by atoms with Crippen LogP contribution in [-0.2, 0) is 6.42 Å². The van der Waals surface area contributed by atoms with Gasteiger partial charge in [0.15, 0.2) is 0 Å². The molecule has 1 aromatic heterocycles. The quantitative estimate of drug-likeness (QED) is 0.590. The molecule has 0 amide bonds. The van der Waals surface area contributed by atoms with Crippen molar-refractivity contribution < 1.29 is 19.1 Å². The van der Waals surface area contributed by atoms with Crippen LogP contribution in [0.3, 0.4) is 0 Å². The number of ether oxygens (including phenoxy) is 1. The minimum atomic E-state index is -0.645. The zero-order valence-electron chi connectivity index (χ0n) is 13.7. The van der Waals surface area contributed by atoms with Gasteiger partial charge in [-0.05, 0) is 37.0 Å². The number of esters is 1. The summed E-state index contributed by atoms with van der Waals surface area (Å²) in [7, 11) is 0. The summed E-state index contributed by atoms with van der Waals surface area (Å²) in [5, 5.41) is 11.1. The fourth-order valence-electron chi connectivity index (χ4n) is 3.18. The predicted molar refractivity (Wildman–Crippen MR) is 91.9 cm³/mol. The molecular weight excluding hydrogens is 351 g/mol. The van der Waals surface area contributed by atoms with Gasteiger partial charge in [-0.3, -0.25) is 0 Å². The minimum Gasteiger partial charge on any atom is -0.453 e. The highest BCUT2D eigenvalue weighted by molar-refractivity contribution is 6.35. The van der Waals surface area contributed by atoms with Gasteiger partial charge in [-0.2, -0.15) is 0 Å². The Morgan fingerprint density at radius 2 is 2.08 bits per heavy atom. The van der Waals surface area contributed by atoms with Gasteiger partial charge in [0, 0.05) is 22.6 Å². The van der Waals surface area contributed by atoms with E-state index in [2.05, 4.69) is 13.8 Å². The van der Waals surface area contributed by atoms with Crippen LogP contribution >= 0.6 is 23.2 Å². The van der Waals surface area contributed by atoms with Crippen molar-refractivity contribution in [2.75, 3.05) is 0 Å². The Kier molecular flexibility index (Phi) is 4.41. The first kappa shape index (κ1) is 17.3. The number of aliphatic hydroxyl groups excluding tert-OH is 1. The zero-order valence-corrected chi connectivity index (χ0v) is 15.2. The highest BCUT2D eigenvalue weighted by atomic mass is 35.5. The van der Waals surface area contributed by atoms with Crippen molar-refractivity contribution in [1.29, 1.82) is 0 Å². The molecule has 1 aromatic carbocycles. The van der Waals surface area contributed by atoms with Crippen LogP contribution in [0.2, 0.25) is 10.0 Å². The third kappa shape index (κ3) is 3.18. The molecule has 0 fully saturated rings. The third-order valence-corrected chi connectivity index (χ3v) is 4.80. The molecule has 0 bridgehead atoms. The van der Waals surface area contributed by atoms with Crippen molar-refractivity contribution in [1.82, 2.24) is 0 Å². The van der Waals surface area contributed by atoms with E-state index in [-0.39, 0.29) is 21.9 Å². The number of aliphatic hydroxyl groups is 1. The molecule has 1 heterocycles. The molecule has 128 valence electrons. The number of hydrogen-bond acceptors (Lipinski definition) is 4. The maximum atomic E-state index is 12.5. The lowest BCUT2D eigenvalue weighted by molar-refractivity contribution is 0.0690. The molecule has 0 radical (unpaired) electrons. The molecule has 0 spiro atoms. The van der Waals surface area contributed by atoms with Gasteiger partial charge in [0.1, 0.15) is 11.5 Å². The summed E-state index contributed by atoms with van der Waals surface area (Å²) in [4.78, 5) is 12.5. The largest absolute Gasteiger partial charge is 0.453 e. The summed E-state index contributed by atoms with van der Waals surface area (Å²) in [6.07, 6.45) is 0.640. The van der Waals surface area contributed by atoms with Crippen LogP contribution in [0.25, 0.3) is 0 Å². The Morgan fingerprint density at radius 3 is 2.75 bits per heavy atom. The normalized spacial score (nSPS) is 19.0. The van der Waals surface area contributed by atoms with Gasteiger partial charge in [0.05, 0.1) is 11.1 Å². The lowest BCUT2D eigenvalue weighted by Gasteiger charge is -2.31. The Bertz CT molecular complexity index is 808. The molecule has 0 saturated heterocycles. The number of carbonyl (C=O) groups excluding carboxylic acids is 1. The van der Waals surface area contributed by atoms with Gasteiger partial charge in [0.2, 0.25) is 5.76 Å². The molecule has 1 atom stereocenters. The smallest absolute Gasteiger partial charge is 0.379 e. The molecular formula is C18H18Cl2O4. The summed E-state index contributed by atoms with van der Waals surface area (Å²) in [5.74, 6) is 0.310. The molecule has 1 unspecified atom stereocenters. The first-order valence-corrected chi connectivity index (χ1v) is 8.41. The van der Waals surface area contributed by atoms with Crippen molar-refractivity contribution in [3.63, 3.8) is 0 Å². The number of benzene rings is 1. The molecule has 3 rings (SSSR count). The number of fused-ring (bicyclic) bond motifs is 1. The topological polar surface area (TPSA) is 59.7 Å². The minimum absolute atomic E-state index is 0.0859. The fourth-order valence-corrected chi connectivity index (χ4v) is 3.63. The van der Waals surface area contributed by atoms with E-state index < -0.39 is 12.1 Å². The molecule has 6 heteroatoms. The van der Waals surface area contributed by atoms with Crippen molar-refractivity contribution in [2.24, 2.45) is 5.41 Å². The van der Waals surface area contributed by atoms with Crippen LogP contribution in [-0.4, -0.2) is 11.1 Å². The van der Waals surface area contributed by atoms with Crippen LogP contribution in [0, 0.1) is 12.3 Å². The zero-order chi connectivity index (χ0) is 17.6. The molecule has 1 N–H and O–H groups in total. The second-order valence-electron chi connectivity index (χ2n) is 6.92. The average Bonchev–Trinajstić information content (AvgIpc) is 2.77. The van der Waals surface area contributed by atoms with Crippen LogP contribution in [0.15, 0.2) is 22.6 Å². The average molecular weight is 369 g/mol. The van der Waals surface area contributed by atoms with E-state index in [0.717, 1.165) is 0 Å². The van der Waals surface area contributed by atoms with Gasteiger partial charge < -0.3 is 14.3 Å². The summed E-state index contributed by atoms with van der Waals surface area (Å²) in [6, 6.07) is 4.61. The Morgan fingerprint density at radius 1 is 1.38 bits per heavy atom. The van der Waals surface area contributed by atoms with Crippen molar-refractivity contribution in [2.45, 2.75) is 39.7 Å². The number of furan rings is 1. The van der Waals surface area contributed by atoms with Crippen molar-refractivity contribution in [3.05, 3.63) is 50.9 Å². The fraction of sp³-hybridized carbons (Fsp3) is 0.389. The highest BCUT2D eigenvalue weighted by Crippen LogP contribution is 2.44. The summed E-state index contributed by atoms with van der Waals surface area (Å²) in [6.45, 7) is 5.87. The number of carbonyl (C=O) groups is 1. The van der Waals surface area contributed by atoms with Crippen LogP contribution in [0.5, 0.6) is 5.75 Å². The third-order valence-electron chi connectivity index (χ3n) is 4.27. The van der Waals surface area contributed by atoms with E-state index in [0.29, 0.717) is 34.8 Å². The van der Waals surface area contributed by atoms with Crippen LogP contribution in [0.1, 0.15) is 53.8 Å². The van der Waals surface area contributed by atoms with Gasteiger partial charge in [-0.25, -0.2) is 4.79 Å².